The van der Waals surface area contributed by atoms with E-state index in [9.17, 15) is 36.6 Å². The van der Waals surface area contributed by atoms with Crippen molar-refractivity contribution in [3.05, 3.63) is 67.6 Å². The number of aromatic nitrogens is 3. The largest absolute Gasteiger partial charge is 0.477 e. The summed E-state index contributed by atoms with van der Waals surface area (Å²) in [5, 5.41) is 13.2. The molecule has 0 amide bonds. The van der Waals surface area contributed by atoms with Crippen molar-refractivity contribution in [1.29, 1.82) is 0 Å². The summed E-state index contributed by atoms with van der Waals surface area (Å²) < 4.78 is 70.8. The Balaban J connectivity index is 2.26. The second kappa shape index (κ2) is 9.63. The molecule has 0 radical (unpaired) electrons. The number of benzene rings is 1. The number of hydrogen-bond donors (Lipinski definition) is 1. The third-order valence-corrected chi connectivity index (χ3v) is 5.41. The maximum absolute atomic E-state index is 13.1. The first-order valence-corrected chi connectivity index (χ1v) is 10.1. The van der Waals surface area contributed by atoms with Crippen LogP contribution in [-0.4, -0.2) is 32.0 Å². The number of pyridine rings is 1. The second-order valence-corrected chi connectivity index (χ2v) is 7.62. The van der Waals surface area contributed by atoms with E-state index in [-0.39, 0.29) is 33.5 Å². The van der Waals surface area contributed by atoms with Gasteiger partial charge >= 0.3 is 18.8 Å². The molecule has 0 spiro atoms. The normalized spacial score (nSPS) is 11.8. The number of ether oxygens (including phenoxy) is 1. The first-order valence-electron chi connectivity index (χ1n) is 9.38. The van der Waals surface area contributed by atoms with Crippen LogP contribution in [0.5, 0.6) is 5.88 Å². The van der Waals surface area contributed by atoms with E-state index in [0.717, 1.165) is 6.07 Å². The average molecular weight is 526 g/mol. The van der Waals surface area contributed by atoms with Crippen molar-refractivity contribution in [1.82, 2.24) is 14.3 Å². The lowest BCUT2D eigenvalue weighted by Gasteiger charge is -2.20. The predicted octanol–water partition coefficient (Wildman–Crippen LogP) is 5.41. The molecule has 1 N–H and O–H groups in total. The highest BCUT2D eigenvalue weighted by molar-refractivity contribution is 6.42. The molecule has 0 aliphatic heterocycles. The molecule has 0 fully saturated rings. The SMILES string of the molecule is CCn1c(Cn2nc(C(F)(F)F)cc2OC(F)F)cc(=O)c(C(=O)O)c1-c1ccc(Cl)c(Cl)c1. The average Bonchev–Trinajstić information content (AvgIpc) is 3.11. The highest BCUT2D eigenvalue weighted by atomic mass is 35.5. The van der Waals surface area contributed by atoms with Crippen molar-refractivity contribution in [2.24, 2.45) is 0 Å². The predicted molar refractivity (Wildman–Crippen MR) is 112 cm³/mol. The molecule has 14 heteroatoms. The lowest BCUT2D eigenvalue weighted by atomic mass is 10.0. The van der Waals surface area contributed by atoms with Crippen LogP contribution in [0.1, 0.15) is 28.7 Å². The number of rotatable bonds is 7. The molecule has 3 aromatic rings. The molecule has 0 saturated heterocycles. The zero-order valence-electron chi connectivity index (χ0n) is 17.0. The molecule has 1 aromatic carbocycles. The van der Waals surface area contributed by atoms with Gasteiger partial charge in [0.2, 0.25) is 5.88 Å². The maximum atomic E-state index is 13.1. The third-order valence-electron chi connectivity index (χ3n) is 4.68. The standard InChI is InChI=1S/C20H14Cl2F5N3O4/c1-2-29-10(8-30-15(34-19(23)24)7-14(28-30)20(25,26)27)6-13(31)16(18(32)33)17(29)9-3-4-11(21)12(22)5-9/h3-7,19H,2,8H2,1H3,(H,32,33). The minimum atomic E-state index is -4.95. The lowest BCUT2D eigenvalue weighted by molar-refractivity contribution is -0.141. The molecular formula is C20H14Cl2F5N3O4. The van der Waals surface area contributed by atoms with Crippen LogP contribution in [0.4, 0.5) is 22.0 Å². The van der Waals surface area contributed by atoms with Crippen molar-refractivity contribution >= 4 is 29.2 Å². The summed E-state index contributed by atoms with van der Waals surface area (Å²) >= 11 is 12.0. The Bertz CT molecular complexity index is 1300. The number of carboxylic acid groups (broad SMARTS) is 1. The van der Waals surface area contributed by atoms with Crippen molar-refractivity contribution < 1.29 is 36.6 Å². The van der Waals surface area contributed by atoms with E-state index < -0.39 is 47.9 Å². The first-order chi connectivity index (χ1) is 15.8. The van der Waals surface area contributed by atoms with Gasteiger partial charge in [-0.1, -0.05) is 29.3 Å². The smallest absolute Gasteiger partial charge is 0.435 e. The van der Waals surface area contributed by atoms with Crippen LogP contribution in [0.2, 0.25) is 10.0 Å². The van der Waals surface area contributed by atoms with Crippen molar-refractivity contribution in [3.63, 3.8) is 0 Å². The molecule has 34 heavy (non-hydrogen) atoms. The minimum absolute atomic E-state index is 0.0190. The van der Waals surface area contributed by atoms with E-state index in [1.54, 1.807) is 6.92 Å². The van der Waals surface area contributed by atoms with Gasteiger partial charge in [0.05, 0.1) is 22.3 Å². The molecule has 0 saturated carbocycles. The molecule has 0 atom stereocenters. The number of carbonyl (C=O) groups is 1. The van der Waals surface area contributed by atoms with Gasteiger partial charge in [-0.05, 0) is 19.1 Å². The molecule has 2 aromatic heterocycles. The van der Waals surface area contributed by atoms with Gasteiger partial charge in [0, 0.05) is 29.9 Å². The van der Waals surface area contributed by atoms with E-state index in [4.69, 9.17) is 23.2 Å². The van der Waals surface area contributed by atoms with Crippen LogP contribution >= 0.6 is 23.2 Å². The highest BCUT2D eigenvalue weighted by Gasteiger charge is 2.36. The summed E-state index contributed by atoms with van der Waals surface area (Å²) in [6, 6.07) is 5.29. The Morgan fingerprint density at radius 3 is 2.38 bits per heavy atom. The lowest BCUT2D eigenvalue weighted by Crippen LogP contribution is -2.25. The molecule has 7 nitrogen and oxygen atoms in total. The Labute approximate surface area is 197 Å². The van der Waals surface area contributed by atoms with Gasteiger partial charge in [-0.15, -0.1) is 0 Å². The van der Waals surface area contributed by atoms with Crippen LogP contribution in [0.15, 0.2) is 35.1 Å². The van der Waals surface area contributed by atoms with Crippen LogP contribution in [0.3, 0.4) is 0 Å². The summed E-state index contributed by atoms with van der Waals surface area (Å²) in [6.45, 7) is -2.42. The molecular weight excluding hydrogens is 512 g/mol. The Morgan fingerprint density at radius 1 is 1.18 bits per heavy atom. The molecule has 0 aliphatic carbocycles. The van der Waals surface area contributed by atoms with E-state index in [1.165, 1.54) is 22.8 Å². The van der Waals surface area contributed by atoms with Crippen LogP contribution in [-0.2, 0) is 19.3 Å². The van der Waals surface area contributed by atoms with E-state index in [0.29, 0.717) is 10.7 Å². The van der Waals surface area contributed by atoms with Crippen LogP contribution in [0.25, 0.3) is 11.3 Å². The fourth-order valence-corrected chi connectivity index (χ4v) is 3.63. The zero-order chi connectivity index (χ0) is 25.4. The molecule has 0 aliphatic rings. The molecule has 2 heterocycles. The number of carboxylic acids is 1. The summed E-state index contributed by atoms with van der Waals surface area (Å²) in [7, 11) is 0. The Morgan fingerprint density at radius 2 is 1.85 bits per heavy atom. The van der Waals surface area contributed by atoms with Crippen LogP contribution < -0.4 is 10.2 Å². The summed E-state index contributed by atoms with van der Waals surface area (Å²) in [6.07, 6.45) is -4.95. The van der Waals surface area contributed by atoms with E-state index in [2.05, 4.69) is 9.84 Å². The van der Waals surface area contributed by atoms with Crippen LogP contribution in [0, 0.1) is 0 Å². The van der Waals surface area contributed by atoms with Crippen molar-refractivity contribution in [2.75, 3.05) is 0 Å². The topological polar surface area (TPSA) is 86.4 Å². The quantitative estimate of drug-likeness (QED) is 0.417. The fraction of sp³-hybridized carbons (Fsp3) is 0.250. The number of alkyl halides is 5. The molecule has 0 bridgehead atoms. The summed E-state index contributed by atoms with van der Waals surface area (Å²) in [5.41, 5.74) is -3.00. The third kappa shape index (κ3) is 5.17. The molecule has 3 rings (SSSR count). The molecule has 0 unspecified atom stereocenters. The van der Waals surface area contributed by atoms with E-state index >= 15 is 0 Å². The van der Waals surface area contributed by atoms with Gasteiger partial charge in [0.1, 0.15) is 5.56 Å². The number of halogens is 7. The van der Waals surface area contributed by atoms with Gasteiger partial charge in [0.25, 0.3) is 0 Å². The Kier molecular flexibility index (Phi) is 7.22. The van der Waals surface area contributed by atoms with Gasteiger partial charge < -0.3 is 14.4 Å². The number of nitrogens with zero attached hydrogens (tertiary/aromatic N) is 3. The monoisotopic (exact) mass is 525 g/mol. The van der Waals surface area contributed by atoms with Gasteiger partial charge in [-0.3, -0.25) is 4.79 Å². The number of hydrogen-bond acceptors (Lipinski definition) is 4. The van der Waals surface area contributed by atoms with Gasteiger partial charge in [-0.25, -0.2) is 9.48 Å². The first kappa shape index (κ1) is 25.5. The summed E-state index contributed by atoms with van der Waals surface area (Å²) in [5.74, 6) is -2.45. The fourth-order valence-electron chi connectivity index (χ4n) is 3.33. The van der Waals surface area contributed by atoms with Crippen molar-refractivity contribution in [3.8, 4) is 17.1 Å². The molecule has 182 valence electrons. The minimum Gasteiger partial charge on any atom is -0.477 e. The highest BCUT2D eigenvalue weighted by Crippen LogP contribution is 2.33. The van der Waals surface area contributed by atoms with Gasteiger partial charge in [-0.2, -0.15) is 27.1 Å². The Hall–Kier alpha value is -3.12. The van der Waals surface area contributed by atoms with Gasteiger partial charge in [0.15, 0.2) is 11.1 Å². The van der Waals surface area contributed by atoms with E-state index in [1.807, 2.05) is 0 Å². The second-order valence-electron chi connectivity index (χ2n) is 6.80. The maximum Gasteiger partial charge on any atom is 0.435 e. The zero-order valence-corrected chi connectivity index (χ0v) is 18.5. The van der Waals surface area contributed by atoms with Crippen molar-refractivity contribution in [2.45, 2.75) is 32.8 Å². The number of aromatic carboxylic acids is 1. The summed E-state index contributed by atoms with van der Waals surface area (Å²) in [4.78, 5) is 24.6.